The Kier molecular flexibility index (Phi) is 3.66. The van der Waals surface area contributed by atoms with E-state index in [4.69, 9.17) is 9.47 Å². The first-order chi connectivity index (χ1) is 9.15. The summed E-state index contributed by atoms with van der Waals surface area (Å²) in [6.07, 6.45) is 1.84. The van der Waals surface area contributed by atoms with Gasteiger partial charge in [0.05, 0.1) is 18.3 Å². The highest BCUT2D eigenvalue weighted by molar-refractivity contribution is 14.1. The Hall–Kier alpha value is -0.820. The maximum absolute atomic E-state index is 12.3. The number of carbonyl (C=O) groups is 1. The lowest BCUT2D eigenvalue weighted by Crippen LogP contribution is -2.47. The molecule has 0 radical (unpaired) electrons. The maximum Gasteiger partial charge on any atom is 0.267 e. The van der Waals surface area contributed by atoms with Crippen molar-refractivity contribution in [2.45, 2.75) is 32.0 Å². The van der Waals surface area contributed by atoms with E-state index in [1.807, 2.05) is 23.1 Å². The van der Waals surface area contributed by atoms with Gasteiger partial charge in [-0.2, -0.15) is 0 Å². The molecule has 3 rings (SSSR count). The van der Waals surface area contributed by atoms with Crippen LogP contribution in [0.5, 0.6) is 5.75 Å². The van der Waals surface area contributed by atoms with E-state index in [9.17, 15) is 4.79 Å². The van der Waals surface area contributed by atoms with Crippen LogP contribution in [0.3, 0.4) is 0 Å². The summed E-state index contributed by atoms with van der Waals surface area (Å²) in [5.41, 5.74) is 0.860. The largest absolute Gasteiger partial charge is 0.479 e. The smallest absolute Gasteiger partial charge is 0.267 e. The highest BCUT2D eigenvalue weighted by Crippen LogP contribution is 2.35. The number of hydrogen-bond acceptors (Lipinski definition) is 3. The van der Waals surface area contributed by atoms with Crippen molar-refractivity contribution in [3.8, 4) is 5.75 Å². The molecule has 1 saturated heterocycles. The minimum Gasteiger partial charge on any atom is -0.479 e. The molecule has 1 amide bonds. The number of ether oxygens (including phenoxy) is 2. The molecule has 0 aromatic heterocycles. The van der Waals surface area contributed by atoms with Crippen LogP contribution in [0.4, 0.5) is 5.69 Å². The first-order valence-corrected chi connectivity index (χ1v) is 7.62. The molecular weight excluding hydrogens is 357 g/mol. The lowest BCUT2D eigenvalue weighted by atomic mass is 10.1. The molecule has 2 atom stereocenters. The minimum absolute atomic E-state index is 0.0178. The number of anilines is 1. The summed E-state index contributed by atoms with van der Waals surface area (Å²) in [5.74, 6) is 0.807. The third kappa shape index (κ3) is 2.58. The molecule has 0 bridgehead atoms. The fourth-order valence-corrected chi connectivity index (χ4v) is 3.03. The Balaban J connectivity index is 1.90. The van der Waals surface area contributed by atoms with Gasteiger partial charge >= 0.3 is 0 Å². The second kappa shape index (κ2) is 5.28. The summed E-state index contributed by atoms with van der Waals surface area (Å²) in [6.45, 7) is 3.23. The number of carbonyl (C=O) groups excluding carboxylic acids is 1. The van der Waals surface area contributed by atoms with E-state index in [-0.39, 0.29) is 12.0 Å². The Morgan fingerprint density at radius 2 is 2.32 bits per heavy atom. The summed E-state index contributed by atoms with van der Waals surface area (Å²) in [7, 11) is 0. The van der Waals surface area contributed by atoms with Crippen molar-refractivity contribution in [3.63, 3.8) is 0 Å². The fourth-order valence-electron chi connectivity index (χ4n) is 2.56. The molecule has 1 fully saturated rings. The van der Waals surface area contributed by atoms with Crippen LogP contribution in [-0.4, -0.2) is 31.3 Å². The van der Waals surface area contributed by atoms with Gasteiger partial charge in [0.25, 0.3) is 5.91 Å². The number of amides is 1. The predicted octanol–water partition coefficient (Wildman–Crippen LogP) is 2.58. The van der Waals surface area contributed by atoms with E-state index in [0.29, 0.717) is 6.54 Å². The molecule has 2 unspecified atom stereocenters. The van der Waals surface area contributed by atoms with Gasteiger partial charge in [0.1, 0.15) is 5.75 Å². The van der Waals surface area contributed by atoms with Gasteiger partial charge in [0, 0.05) is 10.2 Å². The Bertz CT molecular complexity index is 499. The van der Waals surface area contributed by atoms with Gasteiger partial charge in [0.2, 0.25) is 0 Å². The highest BCUT2D eigenvalue weighted by atomic mass is 127. The van der Waals surface area contributed by atoms with Crippen molar-refractivity contribution in [1.82, 2.24) is 0 Å². The second-order valence-electron chi connectivity index (χ2n) is 4.96. The Morgan fingerprint density at radius 3 is 3.05 bits per heavy atom. The molecule has 2 aliphatic heterocycles. The molecule has 102 valence electrons. The van der Waals surface area contributed by atoms with Gasteiger partial charge in [0.15, 0.2) is 6.10 Å². The molecule has 5 heteroatoms. The van der Waals surface area contributed by atoms with Gasteiger partial charge in [-0.15, -0.1) is 0 Å². The number of fused-ring (bicyclic) bond motifs is 1. The summed E-state index contributed by atoms with van der Waals surface area (Å²) < 4.78 is 12.4. The van der Waals surface area contributed by atoms with Crippen molar-refractivity contribution >= 4 is 34.2 Å². The van der Waals surface area contributed by atoms with Crippen LogP contribution in [0, 0.1) is 3.57 Å². The molecule has 2 heterocycles. The van der Waals surface area contributed by atoms with Crippen LogP contribution in [-0.2, 0) is 9.53 Å². The molecule has 2 aliphatic rings. The van der Waals surface area contributed by atoms with Crippen molar-refractivity contribution in [2.75, 3.05) is 18.1 Å². The normalized spacial score (nSPS) is 26.2. The summed E-state index contributed by atoms with van der Waals surface area (Å²) in [4.78, 5) is 14.1. The molecule has 1 aromatic rings. The highest BCUT2D eigenvalue weighted by Gasteiger charge is 2.33. The van der Waals surface area contributed by atoms with E-state index < -0.39 is 6.10 Å². The Labute approximate surface area is 126 Å². The molecule has 0 N–H and O–H groups in total. The maximum atomic E-state index is 12.3. The predicted molar refractivity (Wildman–Crippen MR) is 80.6 cm³/mol. The zero-order valence-electron chi connectivity index (χ0n) is 10.8. The van der Waals surface area contributed by atoms with Gasteiger partial charge < -0.3 is 14.4 Å². The third-order valence-corrected chi connectivity index (χ3v) is 4.21. The monoisotopic (exact) mass is 373 g/mol. The molecule has 1 aromatic carbocycles. The molecule has 0 saturated carbocycles. The number of nitrogens with zero attached hydrogens (tertiary/aromatic N) is 1. The molecule has 0 spiro atoms. The second-order valence-corrected chi connectivity index (χ2v) is 6.20. The SMILES string of the molecule is CC1Oc2cc(I)ccc2N(CC2CCCO2)C1=O. The molecule has 0 aliphatic carbocycles. The Morgan fingerprint density at radius 1 is 1.47 bits per heavy atom. The van der Waals surface area contributed by atoms with Crippen LogP contribution in [0.25, 0.3) is 0 Å². The zero-order valence-corrected chi connectivity index (χ0v) is 12.9. The lowest BCUT2D eigenvalue weighted by Gasteiger charge is -2.34. The van der Waals surface area contributed by atoms with Crippen LogP contribution in [0.1, 0.15) is 19.8 Å². The van der Waals surface area contributed by atoms with Crippen LogP contribution in [0.15, 0.2) is 18.2 Å². The van der Waals surface area contributed by atoms with E-state index in [1.165, 1.54) is 0 Å². The molecule has 19 heavy (non-hydrogen) atoms. The number of halogens is 1. The molecular formula is C14H16INO3. The lowest BCUT2D eigenvalue weighted by molar-refractivity contribution is -0.126. The van der Waals surface area contributed by atoms with Gasteiger partial charge in [-0.25, -0.2) is 0 Å². The standard InChI is InChI=1S/C14H16INO3/c1-9-14(17)16(8-11-3-2-6-18-11)12-5-4-10(15)7-13(12)19-9/h4-5,7,9,11H,2-3,6,8H2,1H3. The van der Waals surface area contributed by atoms with Crippen molar-refractivity contribution in [2.24, 2.45) is 0 Å². The summed E-state index contributed by atoms with van der Waals surface area (Å²) >= 11 is 2.25. The van der Waals surface area contributed by atoms with E-state index >= 15 is 0 Å². The van der Waals surface area contributed by atoms with E-state index in [2.05, 4.69) is 22.6 Å². The molecule has 4 nitrogen and oxygen atoms in total. The number of hydrogen-bond donors (Lipinski definition) is 0. The van der Waals surface area contributed by atoms with Crippen molar-refractivity contribution in [1.29, 1.82) is 0 Å². The third-order valence-electron chi connectivity index (χ3n) is 3.54. The van der Waals surface area contributed by atoms with Crippen molar-refractivity contribution in [3.05, 3.63) is 21.8 Å². The van der Waals surface area contributed by atoms with Gasteiger partial charge in [-0.05, 0) is 60.6 Å². The zero-order chi connectivity index (χ0) is 13.4. The first kappa shape index (κ1) is 13.2. The van der Waals surface area contributed by atoms with Gasteiger partial charge in [-0.1, -0.05) is 0 Å². The number of benzene rings is 1. The average Bonchev–Trinajstić information content (AvgIpc) is 2.87. The topological polar surface area (TPSA) is 38.8 Å². The summed E-state index contributed by atoms with van der Waals surface area (Å²) in [6, 6.07) is 5.92. The van der Waals surface area contributed by atoms with Crippen LogP contribution >= 0.6 is 22.6 Å². The fraction of sp³-hybridized carbons (Fsp3) is 0.500. The first-order valence-electron chi connectivity index (χ1n) is 6.54. The van der Waals surface area contributed by atoms with E-state index in [1.54, 1.807) is 6.92 Å². The summed E-state index contributed by atoms with van der Waals surface area (Å²) in [5, 5.41) is 0. The quantitative estimate of drug-likeness (QED) is 0.749. The van der Waals surface area contributed by atoms with E-state index in [0.717, 1.165) is 34.5 Å². The van der Waals surface area contributed by atoms with Crippen molar-refractivity contribution < 1.29 is 14.3 Å². The average molecular weight is 373 g/mol. The minimum atomic E-state index is -0.424. The van der Waals surface area contributed by atoms with Gasteiger partial charge in [-0.3, -0.25) is 4.79 Å². The van der Waals surface area contributed by atoms with Crippen LogP contribution < -0.4 is 9.64 Å². The van der Waals surface area contributed by atoms with Crippen LogP contribution in [0.2, 0.25) is 0 Å². The number of rotatable bonds is 2.